The van der Waals surface area contributed by atoms with Gasteiger partial charge in [-0.3, -0.25) is 0 Å². The van der Waals surface area contributed by atoms with E-state index in [-0.39, 0.29) is 0 Å². The predicted molar refractivity (Wildman–Crippen MR) is 69.1 cm³/mol. The number of fused-ring (bicyclic) bond motifs is 1. The van der Waals surface area contributed by atoms with E-state index in [0.29, 0.717) is 6.61 Å². The predicted octanol–water partition coefficient (Wildman–Crippen LogP) is 3.75. The summed E-state index contributed by atoms with van der Waals surface area (Å²) in [6.45, 7) is 0.591. The van der Waals surface area contributed by atoms with Gasteiger partial charge in [-0.05, 0) is 18.2 Å². The molecule has 17 heavy (non-hydrogen) atoms. The Kier molecular flexibility index (Phi) is 2.54. The number of hydrogen-bond donors (Lipinski definition) is 1. The summed E-state index contributed by atoms with van der Waals surface area (Å²) in [7, 11) is 0. The van der Waals surface area contributed by atoms with Gasteiger partial charge < -0.3 is 9.72 Å². The first kappa shape index (κ1) is 9.97. The van der Waals surface area contributed by atoms with E-state index in [1.807, 2.05) is 48.7 Å². The van der Waals surface area contributed by atoms with E-state index in [4.69, 9.17) is 4.74 Å². The second-order valence-electron chi connectivity index (χ2n) is 3.96. The van der Waals surface area contributed by atoms with Crippen LogP contribution in [-0.2, 0) is 6.61 Å². The van der Waals surface area contributed by atoms with Gasteiger partial charge in [0.25, 0.3) is 0 Å². The molecule has 2 nitrogen and oxygen atoms in total. The molecule has 1 heterocycles. The molecule has 0 radical (unpaired) electrons. The van der Waals surface area contributed by atoms with Crippen molar-refractivity contribution in [3.05, 3.63) is 66.4 Å². The van der Waals surface area contributed by atoms with E-state index in [1.54, 1.807) is 0 Å². The van der Waals surface area contributed by atoms with Gasteiger partial charge in [0.2, 0.25) is 0 Å². The maximum atomic E-state index is 5.74. The zero-order chi connectivity index (χ0) is 11.5. The lowest BCUT2D eigenvalue weighted by atomic mass is 10.2. The van der Waals surface area contributed by atoms with Crippen LogP contribution in [0.25, 0.3) is 10.9 Å². The van der Waals surface area contributed by atoms with Gasteiger partial charge in [0, 0.05) is 22.7 Å². The number of aromatic nitrogens is 1. The summed E-state index contributed by atoms with van der Waals surface area (Å²) in [5, 5.41) is 1.23. The number of hydrogen-bond acceptors (Lipinski definition) is 1. The Labute approximate surface area is 99.9 Å². The van der Waals surface area contributed by atoms with E-state index >= 15 is 0 Å². The summed E-state index contributed by atoms with van der Waals surface area (Å²) in [4.78, 5) is 3.24. The quantitative estimate of drug-likeness (QED) is 0.718. The third-order valence-electron chi connectivity index (χ3n) is 2.81. The summed E-state index contributed by atoms with van der Waals surface area (Å²) < 4.78 is 5.74. The van der Waals surface area contributed by atoms with Crippen LogP contribution in [0.1, 0.15) is 5.56 Å². The summed E-state index contributed by atoms with van der Waals surface area (Å²) in [6.07, 6.45) is 2.01. The molecule has 0 saturated carbocycles. The van der Waals surface area contributed by atoms with E-state index in [1.165, 1.54) is 10.9 Å². The van der Waals surface area contributed by atoms with Gasteiger partial charge in [-0.15, -0.1) is 0 Å². The average molecular weight is 223 g/mol. The zero-order valence-electron chi connectivity index (χ0n) is 9.39. The first-order valence-electron chi connectivity index (χ1n) is 5.66. The number of ether oxygens (including phenoxy) is 1. The van der Waals surface area contributed by atoms with Crippen LogP contribution < -0.4 is 4.74 Å². The molecule has 0 spiro atoms. The van der Waals surface area contributed by atoms with Crippen molar-refractivity contribution in [2.24, 2.45) is 0 Å². The van der Waals surface area contributed by atoms with Crippen molar-refractivity contribution in [1.29, 1.82) is 0 Å². The van der Waals surface area contributed by atoms with Crippen molar-refractivity contribution >= 4 is 10.9 Å². The Morgan fingerprint density at radius 3 is 2.53 bits per heavy atom. The Morgan fingerprint density at radius 1 is 0.882 bits per heavy atom. The maximum absolute atomic E-state index is 5.74. The molecule has 0 saturated heterocycles. The van der Waals surface area contributed by atoms with Gasteiger partial charge in [0.15, 0.2) is 0 Å². The van der Waals surface area contributed by atoms with Crippen LogP contribution >= 0.6 is 0 Å². The number of H-pyrrole nitrogens is 1. The lowest BCUT2D eigenvalue weighted by molar-refractivity contribution is 0.307. The first-order chi connectivity index (χ1) is 8.43. The minimum Gasteiger partial charge on any atom is -0.489 e. The topological polar surface area (TPSA) is 25.0 Å². The van der Waals surface area contributed by atoms with Crippen molar-refractivity contribution in [3.8, 4) is 5.75 Å². The summed E-state index contributed by atoms with van der Waals surface area (Å²) >= 11 is 0. The van der Waals surface area contributed by atoms with Crippen molar-refractivity contribution in [2.75, 3.05) is 0 Å². The standard InChI is InChI=1S/C15H13NO/c1-2-6-13(7-3-1)17-11-12-10-16-15-9-5-4-8-14(12)15/h1-10,16H,11H2. The molecule has 0 fully saturated rings. The first-order valence-corrected chi connectivity index (χ1v) is 5.66. The van der Waals surface area contributed by atoms with Crippen LogP contribution in [0.4, 0.5) is 0 Å². The van der Waals surface area contributed by atoms with Crippen molar-refractivity contribution in [3.63, 3.8) is 0 Å². The third-order valence-corrected chi connectivity index (χ3v) is 2.81. The van der Waals surface area contributed by atoms with Crippen molar-refractivity contribution in [1.82, 2.24) is 4.98 Å². The molecule has 0 bridgehead atoms. The van der Waals surface area contributed by atoms with Crippen LogP contribution in [-0.4, -0.2) is 4.98 Å². The number of nitrogens with one attached hydrogen (secondary N) is 1. The van der Waals surface area contributed by atoms with Crippen LogP contribution in [0.2, 0.25) is 0 Å². The minimum absolute atomic E-state index is 0.591. The second-order valence-corrected chi connectivity index (χ2v) is 3.96. The van der Waals surface area contributed by atoms with Crippen LogP contribution in [0.15, 0.2) is 60.8 Å². The van der Waals surface area contributed by atoms with E-state index < -0.39 is 0 Å². The van der Waals surface area contributed by atoms with Gasteiger partial charge in [-0.25, -0.2) is 0 Å². The molecule has 3 rings (SSSR count). The normalized spacial score (nSPS) is 10.6. The average Bonchev–Trinajstić information content (AvgIpc) is 2.81. The lowest BCUT2D eigenvalue weighted by Gasteiger charge is -2.04. The number of benzene rings is 2. The molecule has 2 aromatic carbocycles. The van der Waals surface area contributed by atoms with Gasteiger partial charge >= 0.3 is 0 Å². The SMILES string of the molecule is c1ccc(OCc2c[nH]c3ccccc23)cc1. The molecule has 0 unspecified atom stereocenters. The Bertz CT molecular complexity index is 613. The summed E-state index contributed by atoms with van der Waals surface area (Å²) in [5.41, 5.74) is 2.34. The highest BCUT2D eigenvalue weighted by Gasteiger charge is 2.02. The van der Waals surface area contributed by atoms with Crippen LogP contribution in [0, 0.1) is 0 Å². The molecule has 2 heteroatoms. The highest BCUT2D eigenvalue weighted by Crippen LogP contribution is 2.19. The number of para-hydroxylation sites is 2. The molecule has 0 aliphatic carbocycles. The molecule has 1 aromatic heterocycles. The molecule has 1 N–H and O–H groups in total. The van der Waals surface area contributed by atoms with Crippen LogP contribution in [0.3, 0.4) is 0 Å². The summed E-state index contributed by atoms with van der Waals surface area (Å²) in [6, 6.07) is 18.1. The zero-order valence-corrected chi connectivity index (χ0v) is 9.39. The second kappa shape index (κ2) is 4.34. The Hall–Kier alpha value is -2.22. The van der Waals surface area contributed by atoms with Crippen molar-refractivity contribution < 1.29 is 4.74 Å². The maximum Gasteiger partial charge on any atom is 0.119 e. The largest absolute Gasteiger partial charge is 0.489 e. The molecular weight excluding hydrogens is 210 g/mol. The highest BCUT2D eigenvalue weighted by molar-refractivity contribution is 5.82. The molecule has 0 atom stereocenters. The van der Waals surface area contributed by atoms with Crippen LogP contribution in [0.5, 0.6) is 5.75 Å². The highest BCUT2D eigenvalue weighted by atomic mass is 16.5. The van der Waals surface area contributed by atoms with Gasteiger partial charge in [-0.2, -0.15) is 0 Å². The molecular formula is C15H13NO. The lowest BCUT2D eigenvalue weighted by Crippen LogP contribution is -1.93. The van der Waals surface area contributed by atoms with Gasteiger partial charge in [0.05, 0.1) is 0 Å². The van der Waals surface area contributed by atoms with Crippen molar-refractivity contribution in [2.45, 2.75) is 6.61 Å². The smallest absolute Gasteiger partial charge is 0.119 e. The van der Waals surface area contributed by atoms with E-state index in [9.17, 15) is 0 Å². The fourth-order valence-electron chi connectivity index (χ4n) is 1.93. The fourth-order valence-corrected chi connectivity index (χ4v) is 1.93. The fraction of sp³-hybridized carbons (Fsp3) is 0.0667. The van der Waals surface area contributed by atoms with Gasteiger partial charge in [-0.1, -0.05) is 36.4 Å². The number of rotatable bonds is 3. The van der Waals surface area contributed by atoms with E-state index in [2.05, 4.69) is 17.1 Å². The minimum atomic E-state index is 0.591. The molecule has 0 aliphatic heterocycles. The Balaban J connectivity index is 1.82. The molecule has 0 aliphatic rings. The van der Waals surface area contributed by atoms with E-state index in [0.717, 1.165) is 11.3 Å². The number of aromatic amines is 1. The molecule has 3 aromatic rings. The molecule has 0 amide bonds. The summed E-state index contributed by atoms with van der Waals surface area (Å²) in [5.74, 6) is 0.901. The molecule has 84 valence electrons. The van der Waals surface area contributed by atoms with Gasteiger partial charge in [0.1, 0.15) is 12.4 Å². The third kappa shape index (κ3) is 2.02. The Morgan fingerprint density at radius 2 is 1.65 bits per heavy atom. The monoisotopic (exact) mass is 223 g/mol.